The van der Waals surface area contributed by atoms with Crippen LogP contribution in [0.2, 0.25) is 0 Å². The minimum absolute atomic E-state index is 0.0735. The maximum Gasteiger partial charge on any atom is 0.163 e. The highest BCUT2D eigenvalue weighted by molar-refractivity contribution is 9.10. The van der Waals surface area contributed by atoms with Gasteiger partial charge in [-0.05, 0) is 47.5 Å². The Morgan fingerprint density at radius 3 is 2.76 bits per heavy atom. The first-order valence-corrected chi connectivity index (χ1v) is 7.46. The number of halogens is 1. The Kier molecular flexibility index (Phi) is 4.67. The van der Waals surface area contributed by atoms with Crippen LogP contribution in [0.25, 0.3) is 0 Å². The number of nitrogens with zero attached hydrogens (tertiary/aromatic N) is 2. The number of carbonyl (C=O) groups is 1. The lowest BCUT2D eigenvalue weighted by molar-refractivity contribution is 0.101. The Bertz CT molecular complexity index is 680. The number of anilines is 1. The minimum atomic E-state index is -0.0735. The number of ketones is 1. The van der Waals surface area contributed by atoms with E-state index in [9.17, 15) is 4.79 Å². The van der Waals surface area contributed by atoms with Crippen LogP contribution in [-0.2, 0) is 20.1 Å². The van der Waals surface area contributed by atoms with E-state index in [4.69, 9.17) is 10.5 Å². The maximum atomic E-state index is 11.7. The molecule has 0 bridgehead atoms. The molecule has 0 saturated heterocycles. The van der Waals surface area contributed by atoms with Crippen molar-refractivity contribution in [3.8, 4) is 5.75 Å². The van der Waals surface area contributed by atoms with Crippen LogP contribution in [0, 0.1) is 0 Å². The van der Waals surface area contributed by atoms with Gasteiger partial charge < -0.3 is 10.5 Å². The quantitative estimate of drug-likeness (QED) is 0.663. The molecule has 1 heterocycles. The van der Waals surface area contributed by atoms with Gasteiger partial charge in [0, 0.05) is 12.7 Å². The van der Waals surface area contributed by atoms with E-state index in [0.717, 1.165) is 22.3 Å². The number of aromatic nitrogens is 2. The largest absolute Gasteiger partial charge is 0.487 e. The SMILES string of the molecule is CCc1nn(C)c(COc2ccc(N)cc2C(C)=O)c1Br. The molecule has 2 rings (SSSR count). The molecule has 1 aromatic carbocycles. The lowest BCUT2D eigenvalue weighted by Gasteiger charge is -2.11. The third kappa shape index (κ3) is 3.26. The minimum Gasteiger partial charge on any atom is -0.487 e. The van der Waals surface area contributed by atoms with Crippen LogP contribution in [0.1, 0.15) is 35.6 Å². The molecule has 0 aliphatic heterocycles. The van der Waals surface area contributed by atoms with E-state index in [1.807, 2.05) is 14.0 Å². The summed E-state index contributed by atoms with van der Waals surface area (Å²) in [5.41, 5.74) is 8.66. The van der Waals surface area contributed by atoms with E-state index >= 15 is 0 Å². The van der Waals surface area contributed by atoms with Crippen LogP contribution < -0.4 is 10.5 Å². The molecule has 0 radical (unpaired) electrons. The second-order valence-electron chi connectivity index (χ2n) is 4.78. The lowest BCUT2D eigenvalue weighted by atomic mass is 10.1. The lowest BCUT2D eigenvalue weighted by Crippen LogP contribution is -2.06. The number of carbonyl (C=O) groups excluding carboxylic acids is 1. The van der Waals surface area contributed by atoms with Gasteiger partial charge >= 0.3 is 0 Å². The molecule has 112 valence electrons. The fraction of sp³-hybridized carbons (Fsp3) is 0.333. The second kappa shape index (κ2) is 6.30. The van der Waals surface area contributed by atoms with Gasteiger partial charge in [0.05, 0.1) is 21.4 Å². The molecule has 0 atom stereocenters. The molecule has 1 aromatic heterocycles. The average Bonchev–Trinajstić information content (AvgIpc) is 2.72. The molecule has 0 unspecified atom stereocenters. The van der Waals surface area contributed by atoms with Crippen LogP contribution in [0.4, 0.5) is 5.69 Å². The fourth-order valence-electron chi connectivity index (χ4n) is 2.07. The zero-order valence-electron chi connectivity index (χ0n) is 12.3. The summed E-state index contributed by atoms with van der Waals surface area (Å²) in [5.74, 6) is 0.457. The monoisotopic (exact) mass is 351 g/mol. The Labute approximate surface area is 132 Å². The number of hydrogen-bond acceptors (Lipinski definition) is 4. The smallest absolute Gasteiger partial charge is 0.163 e. The summed E-state index contributed by atoms with van der Waals surface area (Å²) < 4.78 is 8.53. The number of ether oxygens (including phenoxy) is 1. The summed E-state index contributed by atoms with van der Waals surface area (Å²) in [6.45, 7) is 3.87. The number of Topliss-reactive ketones (excluding diaryl/α,β-unsaturated/α-hetero) is 1. The molecule has 0 amide bonds. The van der Waals surface area contributed by atoms with E-state index in [1.54, 1.807) is 22.9 Å². The van der Waals surface area contributed by atoms with Crippen molar-refractivity contribution < 1.29 is 9.53 Å². The van der Waals surface area contributed by atoms with E-state index in [0.29, 0.717) is 23.6 Å². The molecule has 21 heavy (non-hydrogen) atoms. The first kappa shape index (κ1) is 15.6. The van der Waals surface area contributed by atoms with Crippen LogP contribution >= 0.6 is 15.9 Å². The van der Waals surface area contributed by atoms with E-state index in [1.165, 1.54) is 6.92 Å². The van der Waals surface area contributed by atoms with Gasteiger partial charge in [0.25, 0.3) is 0 Å². The van der Waals surface area contributed by atoms with Crippen LogP contribution in [0.3, 0.4) is 0 Å². The van der Waals surface area contributed by atoms with Crippen molar-refractivity contribution in [2.75, 3.05) is 5.73 Å². The Balaban J connectivity index is 2.25. The predicted octanol–water partition coefficient (Wildman–Crippen LogP) is 3.11. The average molecular weight is 352 g/mol. The van der Waals surface area contributed by atoms with Gasteiger partial charge in [-0.25, -0.2) is 0 Å². The van der Waals surface area contributed by atoms with Crippen LogP contribution in [0.15, 0.2) is 22.7 Å². The number of hydrogen-bond donors (Lipinski definition) is 1. The first-order valence-electron chi connectivity index (χ1n) is 6.67. The summed E-state index contributed by atoms with van der Waals surface area (Å²) in [5, 5.41) is 4.42. The fourth-order valence-corrected chi connectivity index (χ4v) is 2.80. The third-order valence-corrected chi connectivity index (χ3v) is 4.17. The topological polar surface area (TPSA) is 70.1 Å². The zero-order chi connectivity index (χ0) is 15.6. The number of aryl methyl sites for hydroxylation is 2. The Morgan fingerprint density at radius 2 is 2.19 bits per heavy atom. The molecule has 0 saturated carbocycles. The van der Waals surface area contributed by atoms with Crippen molar-refractivity contribution >= 4 is 27.4 Å². The molecule has 0 fully saturated rings. The molecular weight excluding hydrogens is 334 g/mol. The first-order chi connectivity index (χ1) is 9.93. The second-order valence-corrected chi connectivity index (χ2v) is 5.58. The van der Waals surface area contributed by atoms with Crippen LogP contribution in [0.5, 0.6) is 5.75 Å². The molecule has 6 heteroatoms. The number of rotatable bonds is 5. The molecule has 0 spiro atoms. The highest BCUT2D eigenvalue weighted by Gasteiger charge is 2.15. The normalized spacial score (nSPS) is 10.7. The van der Waals surface area contributed by atoms with Gasteiger partial charge in [-0.1, -0.05) is 6.92 Å². The number of nitrogen functional groups attached to an aromatic ring is 1. The van der Waals surface area contributed by atoms with Gasteiger partial charge in [-0.3, -0.25) is 9.48 Å². The molecular formula is C15H18BrN3O2. The Morgan fingerprint density at radius 1 is 1.48 bits per heavy atom. The van der Waals surface area contributed by atoms with Gasteiger partial charge in [0.1, 0.15) is 12.4 Å². The van der Waals surface area contributed by atoms with Gasteiger partial charge in [-0.15, -0.1) is 0 Å². The van der Waals surface area contributed by atoms with Crippen molar-refractivity contribution in [3.63, 3.8) is 0 Å². The standard InChI is InChI=1S/C15H18BrN3O2/c1-4-12-15(16)13(19(3)18-12)8-21-14-6-5-10(17)7-11(14)9(2)20/h5-7H,4,8,17H2,1-3H3. The summed E-state index contributed by atoms with van der Waals surface area (Å²) >= 11 is 3.54. The van der Waals surface area contributed by atoms with Crippen LogP contribution in [-0.4, -0.2) is 15.6 Å². The number of nitrogens with two attached hydrogens (primary N) is 1. The summed E-state index contributed by atoms with van der Waals surface area (Å²) in [4.78, 5) is 11.7. The van der Waals surface area contributed by atoms with E-state index in [2.05, 4.69) is 21.0 Å². The highest BCUT2D eigenvalue weighted by atomic mass is 79.9. The summed E-state index contributed by atoms with van der Waals surface area (Å²) in [7, 11) is 1.87. The van der Waals surface area contributed by atoms with Gasteiger partial charge in [-0.2, -0.15) is 5.10 Å². The molecule has 2 N–H and O–H groups in total. The van der Waals surface area contributed by atoms with E-state index in [-0.39, 0.29) is 5.78 Å². The Hall–Kier alpha value is -1.82. The van der Waals surface area contributed by atoms with Crippen molar-refractivity contribution in [2.45, 2.75) is 26.9 Å². The zero-order valence-corrected chi connectivity index (χ0v) is 13.9. The van der Waals surface area contributed by atoms with Crippen molar-refractivity contribution in [2.24, 2.45) is 7.05 Å². The third-order valence-electron chi connectivity index (χ3n) is 3.25. The maximum absolute atomic E-state index is 11.7. The summed E-state index contributed by atoms with van der Waals surface area (Å²) in [6.07, 6.45) is 0.842. The molecule has 0 aliphatic carbocycles. The highest BCUT2D eigenvalue weighted by Crippen LogP contribution is 2.26. The molecule has 0 aliphatic rings. The van der Waals surface area contributed by atoms with Crippen molar-refractivity contribution in [1.29, 1.82) is 0 Å². The van der Waals surface area contributed by atoms with Gasteiger partial charge in [0.2, 0.25) is 0 Å². The van der Waals surface area contributed by atoms with Crippen molar-refractivity contribution in [3.05, 3.63) is 39.6 Å². The predicted molar refractivity (Wildman–Crippen MR) is 85.5 cm³/mol. The summed E-state index contributed by atoms with van der Waals surface area (Å²) in [6, 6.07) is 5.07. The molecule has 5 nitrogen and oxygen atoms in total. The molecule has 2 aromatic rings. The van der Waals surface area contributed by atoms with Gasteiger partial charge in [0.15, 0.2) is 5.78 Å². The van der Waals surface area contributed by atoms with E-state index < -0.39 is 0 Å². The van der Waals surface area contributed by atoms with Crippen molar-refractivity contribution in [1.82, 2.24) is 9.78 Å². The number of benzene rings is 1.